The monoisotopic (exact) mass is 402 g/mol. The molecule has 0 saturated carbocycles. The number of ketones is 1. The molecule has 1 amide bonds. The molecule has 1 saturated heterocycles. The average molecular weight is 403 g/mol. The molecule has 0 aliphatic carbocycles. The van der Waals surface area contributed by atoms with Crippen molar-refractivity contribution in [1.82, 2.24) is 9.21 Å². The first-order valence-electron chi connectivity index (χ1n) is 8.22. The number of carbonyl (C=O) groups excluding carboxylic acids is 2. The van der Waals surface area contributed by atoms with E-state index in [1.54, 1.807) is 32.9 Å². The van der Waals surface area contributed by atoms with Gasteiger partial charge in [0.25, 0.3) is 0 Å². The quantitative estimate of drug-likeness (QED) is 0.722. The summed E-state index contributed by atoms with van der Waals surface area (Å²) in [6.07, 6.45) is -0.468. The van der Waals surface area contributed by atoms with Gasteiger partial charge in [-0.15, -0.1) is 0 Å². The van der Waals surface area contributed by atoms with Crippen LogP contribution in [0.1, 0.15) is 31.1 Å². The van der Waals surface area contributed by atoms with Gasteiger partial charge in [-0.1, -0.05) is 23.7 Å². The van der Waals surface area contributed by atoms with Crippen LogP contribution in [0.4, 0.5) is 4.79 Å². The van der Waals surface area contributed by atoms with E-state index in [4.69, 9.17) is 16.3 Å². The van der Waals surface area contributed by atoms with Crippen molar-refractivity contribution >= 4 is 33.5 Å². The lowest BCUT2D eigenvalue weighted by Gasteiger charge is -2.34. The molecule has 1 aromatic carbocycles. The van der Waals surface area contributed by atoms with Gasteiger partial charge in [-0.25, -0.2) is 13.2 Å². The van der Waals surface area contributed by atoms with E-state index >= 15 is 0 Å². The molecular formula is C17H23ClN2O5S. The maximum Gasteiger partial charge on any atom is 0.410 e. The van der Waals surface area contributed by atoms with Crippen LogP contribution in [-0.2, 0) is 14.8 Å². The Morgan fingerprint density at radius 1 is 1.15 bits per heavy atom. The zero-order valence-electron chi connectivity index (χ0n) is 15.1. The number of benzene rings is 1. The fourth-order valence-electron chi connectivity index (χ4n) is 2.48. The van der Waals surface area contributed by atoms with Crippen molar-refractivity contribution in [3.63, 3.8) is 0 Å². The third kappa shape index (κ3) is 5.69. The van der Waals surface area contributed by atoms with Gasteiger partial charge in [-0.05, 0) is 32.9 Å². The summed E-state index contributed by atoms with van der Waals surface area (Å²) in [5, 5.41) is 0.374. The van der Waals surface area contributed by atoms with Gasteiger partial charge in [0.1, 0.15) is 11.4 Å². The highest BCUT2D eigenvalue weighted by molar-refractivity contribution is 7.89. The Morgan fingerprint density at radius 3 is 2.31 bits per heavy atom. The molecule has 0 radical (unpaired) electrons. The molecule has 9 heteroatoms. The van der Waals surface area contributed by atoms with E-state index in [1.807, 2.05) is 0 Å². The smallest absolute Gasteiger partial charge is 0.410 e. The van der Waals surface area contributed by atoms with E-state index in [0.29, 0.717) is 5.02 Å². The molecule has 0 aromatic heterocycles. The lowest BCUT2D eigenvalue weighted by molar-refractivity contribution is 0.0192. The van der Waals surface area contributed by atoms with Crippen LogP contribution in [0.3, 0.4) is 0 Å². The summed E-state index contributed by atoms with van der Waals surface area (Å²) in [4.78, 5) is 25.7. The first-order valence-corrected chi connectivity index (χ1v) is 10.2. The number of halogens is 1. The molecule has 26 heavy (non-hydrogen) atoms. The van der Waals surface area contributed by atoms with E-state index in [1.165, 1.54) is 21.3 Å². The van der Waals surface area contributed by atoms with Crippen LogP contribution < -0.4 is 0 Å². The minimum absolute atomic E-state index is 0.129. The molecule has 0 spiro atoms. The molecule has 0 bridgehead atoms. The highest BCUT2D eigenvalue weighted by Crippen LogP contribution is 2.16. The lowest BCUT2D eigenvalue weighted by atomic mass is 10.1. The molecule has 1 aromatic rings. The SMILES string of the molecule is CC(C)(C)OC(=O)N1CCN(S(=O)(=O)CC(=O)c2cccc(Cl)c2)CC1. The molecule has 144 valence electrons. The van der Waals surface area contributed by atoms with Crippen LogP contribution in [0, 0.1) is 0 Å². The molecule has 0 N–H and O–H groups in total. The summed E-state index contributed by atoms with van der Waals surface area (Å²) < 4.78 is 31.5. The molecule has 7 nitrogen and oxygen atoms in total. The third-order valence-corrected chi connectivity index (χ3v) is 5.76. The molecule has 1 aliphatic heterocycles. The predicted molar refractivity (Wildman–Crippen MR) is 98.9 cm³/mol. The molecule has 1 fully saturated rings. The standard InChI is InChI=1S/C17H23ClN2O5S/c1-17(2,3)25-16(22)19-7-9-20(10-8-19)26(23,24)12-15(21)13-5-4-6-14(18)11-13/h4-6,11H,7-10,12H2,1-3H3. The highest BCUT2D eigenvalue weighted by atomic mass is 35.5. The van der Waals surface area contributed by atoms with Gasteiger partial charge in [-0.2, -0.15) is 4.31 Å². The second-order valence-electron chi connectivity index (χ2n) is 7.06. The number of carbonyl (C=O) groups is 2. The van der Waals surface area contributed by atoms with Crippen molar-refractivity contribution < 1.29 is 22.7 Å². The van der Waals surface area contributed by atoms with Gasteiger partial charge < -0.3 is 9.64 Å². The largest absolute Gasteiger partial charge is 0.444 e. The van der Waals surface area contributed by atoms with Gasteiger partial charge >= 0.3 is 6.09 Å². The van der Waals surface area contributed by atoms with Crippen molar-refractivity contribution in [3.05, 3.63) is 34.9 Å². The summed E-state index contributed by atoms with van der Waals surface area (Å²) in [6.45, 7) is 6.01. The van der Waals surface area contributed by atoms with Crippen molar-refractivity contribution in [3.8, 4) is 0 Å². The number of sulfonamides is 1. The second kappa shape index (κ2) is 7.94. The molecule has 0 atom stereocenters. The zero-order valence-corrected chi connectivity index (χ0v) is 16.6. The van der Waals surface area contributed by atoms with Crippen LogP contribution in [-0.4, -0.2) is 67.0 Å². The number of piperazine rings is 1. The molecule has 1 aliphatic rings. The minimum atomic E-state index is -3.77. The van der Waals surface area contributed by atoms with E-state index in [2.05, 4.69) is 0 Å². The van der Waals surface area contributed by atoms with E-state index in [9.17, 15) is 18.0 Å². The normalized spacial score (nSPS) is 16.4. The Labute approximate surface area is 158 Å². The number of rotatable bonds is 4. The van der Waals surface area contributed by atoms with E-state index in [0.717, 1.165) is 0 Å². The Bertz CT molecular complexity index is 781. The van der Waals surface area contributed by atoms with Crippen molar-refractivity contribution in [2.45, 2.75) is 26.4 Å². The second-order valence-corrected chi connectivity index (χ2v) is 9.46. The van der Waals surface area contributed by atoms with Gasteiger partial charge in [0.05, 0.1) is 0 Å². The van der Waals surface area contributed by atoms with Crippen LogP contribution >= 0.6 is 11.6 Å². The number of ether oxygens (including phenoxy) is 1. The fourth-order valence-corrected chi connectivity index (χ4v) is 4.07. The first kappa shape index (κ1) is 20.7. The number of amides is 1. The predicted octanol–water partition coefficient (Wildman–Crippen LogP) is 2.41. The maximum absolute atomic E-state index is 12.5. The summed E-state index contributed by atoms with van der Waals surface area (Å²) >= 11 is 5.84. The summed E-state index contributed by atoms with van der Waals surface area (Å²) in [6, 6.07) is 6.19. The number of hydrogen-bond acceptors (Lipinski definition) is 5. The number of Topliss-reactive ketones (excluding diaryl/α,β-unsaturated/α-hetero) is 1. The lowest BCUT2D eigenvalue weighted by Crippen LogP contribution is -2.52. The topological polar surface area (TPSA) is 84.0 Å². The van der Waals surface area contributed by atoms with Gasteiger partial charge in [0.2, 0.25) is 10.0 Å². The molecule has 0 unspecified atom stereocenters. The van der Waals surface area contributed by atoms with Gasteiger partial charge in [-0.3, -0.25) is 4.79 Å². The van der Waals surface area contributed by atoms with Crippen LogP contribution in [0.25, 0.3) is 0 Å². The van der Waals surface area contributed by atoms with E-state index < -0.39 is 33.3 Å². The number of hydrogen-bond donors (Lipinski definition) is 0. The van der Waals surface area contributed by atoms with Gasteiger partial charge in [0.15, 0.2) is 5.78 Å². The Morgan fingerprint density at radius 2 is 1.77 bits per heavy atom. The summed E-state index contributed by atoms with van der Waals surface area (Å²) in [5.74, 6) is -1.14. The Balaban J connectivity index is 1.95. The van der Waals surface area contributed by atoms with Crippen molar-refractivity contribution in [2.24, 2.45) is 0 Å². The number of nitrogens with zero attached hydrogens (tertiary/aromatic N) is 2. The van der Waals surface area contributed by atoms with Gasteiger partial charge in [0, 0.05) is 36.8 Å². The third-order valence-electron chi connectivity index (χ3n) is 3.74. The van der Waals surface area contributed by atoms with Crippen LogP contribution in [0.5, 0.6) is 0 Å². The highest BCUT2D eigenvalue weighted by Gasteiger charge is 2.32. The van der Waals surface area contributed by atoms with Crippen LogP contribution in [0.15, 0.2) is 24.3 Å². The summed E-state index contributed by atoms with van der Waals surface area (Å²) in [5.41, 5.74) is -0.350. The minimum Gasteiger partial charge on any atom is -0.444 e. The fraction of sp³-hybridized carbons (Fsp3) is 0.529. The van der Waals surface area contributed by atoms with Crippen molar-refractivity contribution in [1.29, 1.82) is 0 Å². The first-order chi connectivity index (χ1) is 12.0. The Kier molecular flexibility index (Phi) is 6.31. The zero-order chi connectivity index (χ0) is 19.5. The van der Waals surface area contributed by atoms with Crippen LogP contribution in [0.2, 0.25) is 5.02 Å². The average Bonchev–Trinajstić information content (AvgIpc) is 2.53. The maximum atomic E-state index is 12.5. The molecule has 1 heterocycles. The van der Waals surface area contributed by atoms with Crippen molar-refractivity contribution in [2.75, 3.05) is 31.9 Å². The molecule has 2 rings (SSSR count). The summed E-state index contributed by atoms with van der Waals surface area (Å²) in [7, 11) is -3.77. The van der Waals surface area contributed by atoms with E-state index in [-0.39, 0.29) is 31.7 Å². The molecular weight excluding hydrogens is 380 g/mol. The Hall–Kier alpha value is -1.64.